The van der Waals surface area contributed by atoms with E-state index in [0.29, 0.717) is 32.5 Å². The Bertz CT molecular complexity index is 1100. The molecule has 1 aliphatic heterocycles. The number of fused-ring (bicyclic) bond motifs is 1. The fourth-order valence-corrected chi connectivity index (χ4v) is 4.75. The van der Waals surface area contributed by atoms with Gasteiger partial charge in [-0.1, -0.05) is 57.8 Å². The van der Waals surface area contributed by atoms with Gasteiger partial charge < -0.3 is 9.47 Å². The maximum Gasteiger partial charge on any atom is 0.310 e. The maximum absolute atomic E-state index is 12.9. The van der Waals surface area contributed by atoms with Crippen molar-refractivity contribution < 1.29 is 19.1 Å². The highest BCUT2D eigenvalue weighted by atomic mass is 79.9. The predicted molar refractivity (Wildman–Crippen MR) is 130 cm³/mol. The topological polar surface area (TPSA) is 76.4 Å². The highest BCUT2D eigenvalue weighted by Gasteiger charge is 2.45. The van der Waals surface area contributed by atoms with Gasteiger partial charge in [0.25, 0.3) is 0 Å². The first-order chi connectivity index (χ1) is 15.0. The van der Waals surface area contributed by atoms with Crippen molar-refractivity contribution in [3.05, 3.63) is 63.1 Å². The SMILES string of the molecule is CC(CSC(=O)c1ccc(Cl)c(Cl)c1)C(=O)O[C@H]1c2cc(C#N)ccc2OC(C)(C)C1Br. The molecule has 0 bridgehead atoms. The van der Waals surface area contributed by atoms with Crippen LogP contribution in [0.2, 0.25) is 10.0 Å². The van der Waals surface area contributed by atoms with Crippen LogP contribution in [0.5, 0.6) is 5.75 Å². The number of carbonyl (C=O) groups excluding carboxylic acids is 2. The van der Waals surface area contributed by atoms with Gasteiger partial charge in [0.2, 0.25) is 5.12 Å². The van der Waals surface area contributed by atoms with Crippen LogP contribution in [0.1, 0.15) is 48.4 Å². The summed E-state index contributed by atoms with van der Waals surface area (Å²) in [5, 5.41) is 9.71. The van der Waals surface area contributed by atoms with E-state index in [-0.39, 0.29) is 15.7 Å². The van der Waals surface area contributed by atoms with E-state index in [1.165, 1.54) is 6.07 Å². The standard InChI is InChI=1S/C23H20BrCl2NO4S/c1-12(11-32-22(29)14-5-6-16(25)17(26)9-14)21(28)30-19-15-8-13(10-27)4-7-18(15)31-23(2,3)20(19)24/h4-9,12,19-20H,11H2,1-3H3/t12?,19-,20?/m0/s1. The fourth-order valence-electron chi connectivity index (χ4n) is 3.13. The minimum absolute atomic E-state index is 0.210. The zero-order valence-corrected chi connectivity index (χ0v) is 21.4. The summed E-state index contributed by atoms with van der Waals surface area (Å²) in [5.74, 6) is -0.179. The monoisotopic (exact) mass is 555 g/mol. The third-order valence-electron chi connectivity index (χ3n) is 5.01. The lowest BCUT2D eigenvalue weighted by Gasteiger charge is -2.41. The molecule has 2 unspecified atom stereocenters. The van der Waals surface area contributed by atoms with E-state index >= 15 is 0 Å². The van der Waals surface area contributed by atoms with Gasteiger partial charge in [-0.3, -0.25) is 9.59 Å². The first-order valence-electron chi connectivity index (χ1n) is 9.73. The van der Waals surface area contributed by atoms with Crippen molar-refractivity contribution >= 4 is 62.0 Å². The van der Waals surface area contributed by atoms with Crippen LogP contribution in [0.3, 0.4) is 0 Å². The third kappa shape index (κ3) is 5.43. The van der Waals surface area contributed by atoms with Crippen molar-refractivity contribution in [1.29, 1.82) is 5.26 Å². The Morgan fingerprint density at radius 3 is 2.62 bits per heavy atom. The van der Waals surface area contributed by atoms with Crippen molar-refractivity contribution in [1.82, 2.24) is 0 Å². The van der Waals surface area contributed by atoms with Gasteiger partial charge >= 0.3 is 5.97 Å². The summed E-state index contributed by atoms with van der Waals surface area (Å²) in [6.45, 7) is 5.49. The fraction of sp³-hybridized carbons (Fsp3) is 0.348. The zero-order chi connectivity index (χ0) is 23.6. The third-order valence-corrected chi connectivity index (χ3v) is 8.50. The molecular formula is C23H20BrCl2NO4S. The molecule has 0 spiro atoms. The van der Waals surface area contributed by atoms with Crippen molar-refractivity contribution in [2.75, 3.05) is 5.75 Å². The summed E-state index contributed by atoms with van der Waals surface area (Å²) in [4.78, 5) is 25.0. The maximum atomic E-state index is 12.9. The first kappa shape index (κ1) is 24.9. The quantitative estimate of drug-likeness (QED) is 0.305. The summed E-state index contributed by atoms with van der Waals surface area (Å²) in [5.41, 5.74) is 0.845. The lowest BCUT2D eigenvalue weighted by atomic mass is 9.90. The predicted octanol–water partition coefficient (Wildman–Crippen LogP) is 6.59. The molecule has 3 rings (SSSR count). The Morgan fingerprint density at radius 1 is 1.25 bits per heavy atom. The van der Waals surface area contributed by atoms with E-state index in [4.69, 9.17) is 32.7 Å². The minimum Gasteiger partial charge on any atom is -0.486 e. The van der Waals surface area contributed by atoms with E-state index < -0.39 is 23.6 Å². The lowest BCUT2D eigenvalue weighted by Crippen LogP contribution is -2.47. The number of thioether (sulfide) groups is 1. The van der Waals surface area contributed by atoms with Gasteiger partial charge in [-0.25, -0.2) is 0 Å². The molecule has 1 heterocycles. The number of hydrogen-bond acceptors (Lipinski definition) is 6. The van der Waals surface area contributed by atoms with Gasteiger partial charge in [0.1, 0.15) is 17.5 Å². The van der Waals surface area contributed by atoms with Gasteiger partial charge in [-0.15, -0.1) is 0 Å². The number of benzene rings is 2. The van der Waals surface area contributed by atoms with Crippen LogP contribution in [0.25, 0.3) is 0 Å². The Balaban J connectivity index is 1.70. The molecule has 2 aromatic rings. The summed E-state index contributed by atoms with van der Waals surface area (Å²) in [7, 11) is 0. The molecule has 168 valence electrons. The van der Waals surface area contributed by atoms with E-state index in [2.05, 4.69) is 22.0 Å². The number of carbonyl (C=O) groups is 2. The number of ether oxygens (including phenoxy) is 2. The molecule has 0 aromatic heterocycles. The minimum atomic E-state index is -0.646. The van der Waals surface area contributed by atoms with Crippen molar-refractivity contribution in [3.8, 4) is 11.8 Å². The van der Waals surface area contributed by atoms with Crippen molar-refractivity contribution in [3.63, 3.8) is 0 Å². The summed E-state index contributed by atoms with van der Waals surface area (Å²) in [6, 6.07) is 11.8. The van der Waals surface area contributed by atoms with Gasteiger partial charge in [-0.05, 0) is 50.2 Å². The number of esters is 1. The number of alkyl halides is 1. The Hall–Kier alpha value is -1.72. The molecule has 9 heteroatoms. The Labute approximate surface area is 209 Å². The van der Waals surface area contributed by atoms with Crippen LogP contribution in [0.15, 0.2) is 36.4 Å². The molecule has 3 atom stereocenters. The second kappa shape index (κ2) is 10.0. The lowest BCUT2D eigenvalue weighted by molar-refractivity contribution is -0.156. The zero-order valence-electron chi connectivity index (χ0n) is 17.5. The molecule has 0 radical (unpaired) electrons. The average molecular weight is 557 g/mol. The number of hydrogen-bond donors (Lipinski definition) is 0. The summed E-state index contributed by atoms with van der Waals surface area (Å²) in [6.07, 6.45) is -0.646. The number of rotatable bonds is 5. The number of nitriles is 1. The van der Waals surface area contributed by atoms with Crippen LogP contribution in [-0.4, -0.2) is 27.3 Å². The molecule has 1 aliphatic rings. The molecule has 2 aromatic carbocycles. The number of nitrogens with zero attached hydrogens (tertiary/aromatic N) is 1. The van der Waals surface area contributed by atoms with Gasteiger partial charge in [0, 0.05) is 16.9 Å². The van der Waals surface area contributed by atoms with Crippen LogP contribution in [0, 0.1) is 17.2 Å². The highest BCUT2D eigenvalue weighted by molar-refractivity contribution is 9.09. The van der Waals surface area contributed by atoms with E-state index in [1.54, 1.807) is 37.3 Å². The smallest absolute Gasteiger partial charge is 0.310 e. The molecule has 0 saturated carbocycles. The molecule has 0 fully saturated rings. The van der Waals surface area contributed by atoms with Crippen LogP contribution in [0.4, 0.5) is 0 Å². The van der Waals surface area contributed by atoms with Crippen LogP contribution >= 0.6 is 50.9 Å². The normalized spacial score (nSPS) is 19.8. The highest BCUT2D eigenvalue weighted by Crippen LogP contribution is 2.45. The molecule has 0 amide bonds. The van der Waals surface area contributed by atoms with Crippen LogP contribution < -0.4 is 4.74 Å². The Morgan fingerprint density at radius 2 is 1.97 bits per heavy atom. The second-order valence-electron chi connectivity index (χ2n) is 7.96. The van der Waals surface area contributed by atoms with E-state index in [1.807, 2.05) is 13.8 Å². The van der Waals surface area contributed by atoms with Gasteiger partial charge in [0.05, 0.1) is 32.4 Å². The van der Waals surface area contributed by atoms with E-state index in [0.717, 1.165) is 11.8 Å². The summed E-state index contributed by atoms with van der Waals surface area (Å²) >= 11 is 16.5. The Kier molecular flexibility index (Phi) is 7.82. The van der Waals surface area contributed by atoms with Crippen molar-refractivity contribution in [2.45, 2.75) is 37.3 Å². The largest absolute Gasteiger partial charge is 0.486 e. The molecule has 0 aliphatic carbocycles. The van der Waals surface area contributed by atoms with Gasteiger partial charge in [-0.2, -0.15) is 5.26 Å². The molecule has 32 heavy (non-hydrogen) atoms. The van der Waals surface area contributed by atoms with Crippen LogP contribution in [-0.2, 0) is 9.53 Å². The second-order valence-corrected chi connectivity index (χ2v) is 10.8. The summed E-state index contributed by atoms with van der Waals surface area (Å²) < 4.78 is 11.9. The molecule has 5 nitrogen and oxygen atoms in total. The van der Waals surface area contributed by atoms with E-state index in [9.17, 15) is 14.9 Å². The first-order valence-corrected chi connectivity index (χ1v) is 12.4. The molecule has 0 saturated heterocycles. The molecule has 0 N–H and O–H groups in total. The average Bonchev–Trinajstić information content (AvgIpc) is 2.76. The van der Waals surface area contributed by atoms with Gasteiger partial charge in [0.15, 0.2) is 0 Å². The molecular weight excluding hydrogens is 537 g/mol. The number of halogens is 3. The van der Waals surface area contributed by atoms with Crippen molar-refractivity contribution in [2.24, 2.45) is 5.92 Å².